The zero-order valence-corrected chi connectivity index (χ0v) is 28.1. The SMILES string of the molecule is CC.CC(C)c1ccc(-c2ccccc2)cc1.Oc1ccc([Te]c2ccc(O)c(-c3ccccc3)c2)cc1-c1ccccc1. The molecule has 3 heteroatoms. The van der Waals surface area contributed by atoms with Crippen LogP contribution in [0.3, 0.4) is 0 Å². The third-order valence-electron chi connectivity index (χ3n) is 7.03. The van der Waals surface area contributed by atoms with E-state index < -0.39 is 20.9 Å². The van der Waals surface area contributed by atoms with Crippen LogP contribution in [-0.4, -0.2) is 31.1 Å². The van der Waals surface area contributed by atoms with Crippen molar-refractivity contribution in [2.24, 2.45) is 0 Å². The standard InChI is InChI=1S/C24H18O2Te.C15H16.C2H6/c25-23-13-11-19(15-21(23)17-7-3-1-4-8-17)27-20-12-14-24(26)22(16-20)18-9-5-2-6-10-18;1-12(2)13-8-10-15(11-9-13)14-6-4-3-5-7-14;1-2/h1-16,25-26H;3-12H,1-2H3;1-2H3. The summed E-state index contributed by atoms with van der Waals surface area (Å²) in [6.07, 6.45) is 0. The van der Waals surface area contributed by atoms with E-state index in [9.17, 15) is 10.2 Å². The molecule has 0 amide bonds. The number of aromatic hydroxyl groups is 2. The van der Waals surface area contributed by atoms with E-state index in [-0.39, 0.29) is 0 Å². The second-order valence-corrected chi connectivity index (χ2v) is 13.6. The summed E-state index contributed by atoms with van der Waals surface area (Å²) in [4.78, 5) is 0. The monoisotopic (exact) mass is 694 g/mol. The van der Waals surface area contributed by atoms with E-state index in [1.807, 2.05) is 92.7 Å². The van der Waals surface area contributed by atoms with Gasteiger partial charge in [0.15, 0.2) is 0 Å². The first-order valence-electron chi connectivity index (χ1n) is 15.1. The Kier molecular flexibility index (Phi) is 12.3. The van der Waals surface area contributed by atoms with Gasteiger partial charge in [-0.1, -0.05) is 82.3 Å². The van der Waals surface area contributed by atoms with E-state index in [4.69, 9.17) is 0 Å². The first-order chi connectivity index (χ1) is 21.5. The Balaban J connectivity index is 0.000000220. The van der Waals surface area contributed by atoms with Gasteiger partial charge in [0.25, 0.3) is 0 Å². The molecule has 0 radical (unpaired) electrons. The Labute approximate surface area is 272 Å². The molecule has 2 nitrogen and oxygen atoms in total. The van der Waals surface area contributed by atoms with Gasteiger partial charge in [-0.15, -0.1) is 0 Å². The number of hydrogen-bond acceptors (Lipinski definition) is 2. The first kappa shape index (κ1) is 32.6. The van der Waals surface area contributed by atoms with Crippen LogP contribution in [-0.2, 0) is 0 Å². The van der Waals surface area contributed by atoms with E-state index in [2.05, 4.69) is 74.5 Å². The van der Waals surface area contributed by atoms with Crippen LogP contribution in [0.2, 0.25) is 0 Å². The molecule has 0 aliphatic rings. The molecule has 0 saturated carbocycles. The van der Waals surface area contributed by atoms with Crippen LogP contribution in [0.25, 0.3) is 33.4 Å². The van der Waals surface area contributed by atoms with Gasteiger partial charge in [0.1, 0.15) is 0 Å². The molecule has 0 bridgehead atoms. The van der Waals surface area contributed by atoms with Crippen molar-refractivity contribution in [3.63, 3.8) is 0 Å². The molecule has 0 fully saturated rings. The summed E-state index contributed by atoms with van der Waals surface area (Å²) in [5.74, 6) is 1.20. The fourth-order valence-corrected chi connectivity index (χ4v) is 7.24. The Morgan fingerprint density at radius 3 is 1.18 bits per heavy atom. The van der Waals surface area contributed by atoms with Crippen LogP contribution in [0.1, 0.15) is 39.2 Å². The molecule has 6 aromatic rings. The zero-order chi connectivity index (χ0) is 31.3. The molecule has 2 N–H and O–H groups in total. The number of phenolic OH excluding ortho intramolecular Hbond substituents is 2. The zero-order valence-electron chi connectivity index (χ0n) is 25.8. The predicted molar refractivity (Wildman–Crippen MR) is 189 cm³/mol. The predicted octanol–water partition coefficient (Wildman–Crippen LogP) is 9.59. The average molecular weight is 692 g/mol. The number of rotatable bonds is 6. The molecule has 6 aromatic carbocycles. The molecule has 0 heterocycles. The third-order valence-corrected chi connectivity index (χ3v) is 9.82. The van der Waals surface area contributed by atoms with Gasteiger partial charge >= 0.3 is 169 Å². The van der Waals surface area contributed by atoms with E-state index in [1.54, 1.807) is 12.1 Å². The van der Waals surface area contributed by atoms with Crippen LogP contribution < -0.4 is 7.22 Å². The van der Waals surface area contributed by atoms with Crippen molar-refractivity contribution in [3.8, 4) is 44.9 Å². The molecular weight excluding hydrogens is 652 g/mol. The molecule has 0 saturated heterocycles. The first-order valence-corrected chi connectivity index (χ1v) is 17.4. The Bertz CT molecular complexity index is 1630. The van der Waals surface area contributed by atoms with Crippen LogP contribution in [0, 0.1) is 0 Å². The Morgan fingerprint density at radius 1 is 0.432 bits per heavy atom. The van der Waals surface area contributed by atoms with Gasteiger partial charge in [0.2, 0.25) is 0 Å². The third kappa shape index (κ3) is 8.87. The Hall–Kier alpha value is -4.29. The maximum absolute atomic E-state index is 10.3. The molecular formula is C41H40O2Te. The van der Waals surface area contributed by atoms with Crippen molar-refractivity contribution in [3.05, 3.63) is 157 Å². The van der Waals surface area contributed by atoms with E-state index in [0.717, 1.165) is 22.3 Å². The fraction of sp³-hybridized carbons (Fsp3) is 0.122. The number of benzene rings is 6. The summed E-state index contributed by atoms with van der Waals surface area (Å²) in [5.41, 5.74) is 7.72. The number of hydrogen-bond donors (Lipinski definition) is 2. The minimum atomic E-state index is -0.647. The van der Waals surface area contributed by atoms with Crippen LogP contribution in [0.4, 0.5) is 0 Å². The van der Waals surface area contributed by atoms with Crippen molar-refractivity contribution in [2.75, 3.05) is 0 Å². The van der Waals surface area contributed by atoms with Crippen molar-refractivity contribution in [1.82, 2.24) is 0 Å². The number of phenols is 2. The summed E-state index contributed by atoms with van der Waals surface area (Å²) in [6.45, 7) is 8.44. The van der Waals surface area contributed by atoms with Gasteiger partial charge in [0.05, 0.1) is 0 Å². The van der Waals surface area contributed by atoms with E-state index >= 15 is 0 Å². The molecule has 0 aliphatic carbocycles. The molecule has 0 atom stereocenters. The van der Waals surface area contributed by atoms with Gasteiger partial charge in [-0.05, 0) is 22.6 Å². The summed E-state index contributed by atoms with van der Waals surface area (Å²) in [5, 5.41) is 20.5. The quantitative estimate of drug-likeness (QED) is 0.171. The molecule has 0 spiro atoms. The summed E-state index contributed by atoms with van der Waals surface area (Å²) in [7, 11) is 0. The van der Waals surface area contributed by atoms with Gasteiger partial charge < -0.3 is 0 Å². The normalized spacial score (nSPS) is 10.3. The molecule has 0 unspecified atom stereocenters. The van der Waals surface area contributed by atoms with Gasteiger partial charge in [-0.3, -0.25) is 0 Å². The van der Waals surface area contributed by atoms with Crippen molar-refractivity contribution in [1.29, 1.82) is 0 Å². The fourth-order valence-electron chi connectivity index (χ4n) is 4.68. The molecule has 0 aliphatic heterocycles. The van der Waals surface area contributed by atoms with E-state index in [0.29, 0.717) is 17.4 Å². The maximum atomic E-state index is 10.3. The summed E-state index contributed by atoms with van der Waals surface area (Å²) >= 11 is -0.647. The minimum absolute atomic E-state index is 0.299. The van der Waals surface area contributed by atoms with Crippen LogP contribution in [0.5, 0.6) is 11.5 Å². The second kappa shape index (κ2) is 16.5. The van der Waals surface area contributed by atoms with Crippen molar-refractivity contribution >= 4 is 28.1 Å². The average Bonchev–Trinajstić information content (AvgIpc) is 3.09. The van der Waals surface area contributed by atoms with Gasteiger partial charge in [-0.25, -0.2) is 0 Å². The summed E-state index contributed by atoms with van der Waals surface area (Å²) < 4.78 is 2.48. The van der Waals surface area contributed by atoms with Gasteiger partial charge in [-0.2, -0.15) is 0 Å². The van der Waals surface area contributed by atoms with Gasteiger partial charge in [0, 0.05) is 0 Å². The Morgan fingerprint density at radius 2 is 0.795 bits per heavy atom. The second-order valence-electron chi connectivity index (χ2n) is 10.3. The molecule has 0 aromatic heterocycles. The van der Waals surface area contributed by atoms with E-state index in [1.165, 1.54) is 23.9 Å². The summed E-state index contributed by atoms with van der Waals surface area (Å²) in [6, 6.07) is 50.9. The van der Waals surface area contributed by atoms with Crippen LogP contribution in [0.15, 0.2) is 152 Å². The van der Waals surface area contributed by atoms with Crippen molar-refractivity contribution < 1.29 is 10.2 Å². The topological polar surface area (TPSA) is 40.5 Å². The van der Waals surface area contributed by atoms with Crippen LogP contribution >= 0.6 is 0 Å². The molecule has 6 rings (SSSR count). The molecule has 44 heavy (non-hydrogen) atoms. The van der Waals surface area contributed by atoms with Crippen molar-refractivity contribution in [2.45, 2.75) is 33.6 Å². The molecule has 222 valence electrons.